The Hall–Kier alpha value is -0.200. The van der Waals surface area contributed by atoms with Crippen molar-refractivity contribution in [2.75, 3.05) is 6.54 Å². The van der Waals surface area contributed by atoms with Crippen LogP contribution in [0.2, 0.25) is 0 Å². The molecule has 6 heteroatoms. The Morgan fingerprint density at radius 3 is 2.00 bits per heavy atom. The van der Waals surface area contributed by atoms with Crippen molar-refractivity contribution < 1.29 is 8.42 Å². The molecule has 0 saturated carbocycles. The van der Waals surface area contributed by atoms with Crippen LogP contribution in [0.5, 0.6) is 0 Å². The fraction of sp³-hybridized carbons (Fsp3) is 0.875. The number of nitrogens with zero attached hydrogens (tertiary/aromatic N) is 1. The second-order valence-corrected chi connectivity index (χ2v) is 6.67. The van der Waals surface area contributed by atoms with Gasteiger partial charge in [-0.1, -0.05) is 12.2 Å². The van der Waals surface area contributed by atoms with E-state index >= 15 is 0 Å². The smallest absolute Gasteiger partial charge is 0.217 e. The SMILES string of the molecule is CC(C)N(CC(N)=S)S(=O)(=O)C(C)C. The minimum atomic E-state index is -3.27. The van der Waals surface area contributed by atoms with Gasteiger partial charge >= 0.3 is 0 Å². The van der Waals surface area contributed by atoms with Crippen LogP contribution in [-0.2, 0) is 10.0 Å². The lowest BCUT2D eigenvalue weighted by molar-refractivity contribution is 0.386. The number of thiocarbonyl (C=S) groups is 1. The van der Waals surface area contributed by atoms with Crippen molar-refractivity contribution >= 4 is 27.2 Å². The third kappa shape index (κ3) is 3.51. The van der Waals surface area contributed by atoms with Crippen LogP contribution in [0.4, 0.5) is 0 Å². The summed E-state index contributed by atoms with van der Waals surface area (Å²) >= 11 is 4.72. The van der Waals surface area contributed by atoms with Gasteiger partial charge in [0.05, 0.1) is 16.8 Å². The molecule has 0 rings (SSSR count). The predicted molar refractivity (Wildman–Crippen MR) is 62.7 cm³/mol. The lowest BCUT2D eigenvalue weighted by Crippen LogP contribution is -2.45. The average Bonchev–Trinajstić information content (AvgIpc) is 1.98. The zero-order valence-electron chi connectivity index (χ0n) is 9.02. The largest absolute Gasteiger partial charge is 0.392 e. The summed E-state index contributed by atoms with van der Waals surface area (Å²) < 4.78 is 25.0. The van der Waals surface area contributed by atoms with Gasteiger partial charge in [0.25, 0.3) is 0 Å². The quantitative estimate of drug-likeness (QED) is 0.717. The normalized spacial score (nSPS) is 12.8. The van der Waals surface area contributed by atoms with Gasteiger partial charge in [-0.15, -0.1) is 0 Å². The average molecular weight is 238 g/mol. The highest BCUT2D eigenvalue weighted by Gasteiger charge is 2.28. The standard InChI is InChI=1S/C8H18N2O2S2/c1-6(2)10(5-8(9)13)14(11,12)7(3)4/h6-7H,5H2,1-4H3,(H2,9,13). The summed E-state index contributed by atoms with van der Waals surface area (Å²) in [5.41, 5.74) is 5.35. The van der Waals surface area contributed by atoms with Gasteiger partial charge in [-0.25, -0.2) is 8.42 Å². The molecule has 0 aromatic heterocycles. The number of hydrogen-bond donors (Lipinski definition) is 1. The van der Waals surface area contributed by atoms with Crippen molar-refractivity contribution in [3.63, 3.8) is 0 Å². The van der Waals surface area contributed by atoms with Crippen LogP contribution in [0, 0.1) is 0 Å². The summed E-state index contributed by atoms with van der Waals surface area (Å²) in [7, 11) is -3.27. The van der Waals surface area contributed by atoms with Gasteiger partial charge < -0.3 is 5.73 Å². The van der Waals surface area contributed by atoms with Crippen LogP contribution in [0.3, 0.4) is 0 Å². The van der Waals surface area contributed by atoms with Crippen molar-refractivity contribution in [1.29, 1.82) is 0 Å². The van der Waals surface area contributed by atoms with Crippen LogP contribution in [0.25, 0.3) is 0 Å². The highest BCUT2D eigenvalue weighted by atomic mass is 32.2. The molecule has 0 aliphatic rings. The fourth-order valence-electron chi connectivity index (χ4n) is 0.991. The summed E-state index contributed by atoms with van der Waals surface area (Å²) in [5, 5.41) is -0.445. The highest BCUT2D eigenvalue weighted by molar-refractivity contribution is 7.89. The number of sulfonamides is 1. The van der Waals surface area contributed by atoms with E-state index in [2.05, 4.69) is 0 Å². The van der Waals surface area contributed by atoms with Gasteiger partial charge in [0, 0.05) is 6.04 Å². The molecule has 0 spiro atoms. The fourth-order valence-corrected chi connectivity index (χ4v) is 2.66. The maximum absolute atomic E-state index is 11.8. The predicted octanol–water partition coefficient (Wildman–Crippen LogP) is 0.721. The molecule has 0 fully saturated rings. The van der Waals surface area contributed by atoms with E-state index in [9.17, 15) is 8.42 Å². The molecule has 0 bridgehead atoms. The van der Waals surface area contributed by atoms with E-state index in [1.165, 1.54) is 4.31 Å². The first kappa shape index (κ1) is 13.8. The molecule has 0 aromatic rings. The third-order valence-electron chi connectivity index (χ3n) is 1.81. The molecule has 0 unspecified atom stereocenters. The van der Waals surface area contributed by atoms with E-state index in [4.69, 9.17) is 18.0 Å². The van der Waals surface area contributed by atoms with Crippen LogP contribution >= 0.6 is 12.2 Å². The van der Waals surface area contributed by atoms with Gasteiger partial charge in [-0.05, 0) is 27.7 Å². The Labute approximate surface area is 91.5 Å². The molecular formula is C8H18N2O2S2. The molecule has 84 valence electrons. The van der Waals surface area contributed by atoms with Gasteiger partial charge in [0.2, 0.25) is 10.0 Å². The van der Waals surface area contributed by atoms with Crippen molar-refractivity contribution in [3.8, 4) is 0 Å². The van der Waals surface area contributed by atoms with Gasteiger partial charge in [-0.2, -0.15) is 4.31 Å². The van der Waals surface area contributed by atoms with Crippen LogP contribution < -0.4 is 5.73 Å². The van der Waals surface area contributed by atoms with E-state index < -0.39 is 15.3 Å². The van der Waals surface area contributed by atoms with E-state index in [0.717, 1.165) is 0 Å². The number of nitrogens with two attached hydrogens (primary N) is 1. The first-order valence-electron chi connectivity index (χ1n) is 4.48. The van der Waals surface area contributed by atoms with Crippen LogP contribution in [-0.4, -0.2) is 35.5 Å². The molecule has 0 aliphatic carbocycles. The molecule has 0 aliphatic heterocycles. The lowest BCUT2D eigenvalue weighted by Gasteiger charge is -2.27. The van der Waals surface area contributed by atoms with Gasteiger partial charge in [-0.3, -0.25) is 0 Å². The Morgan fingerprint density at radius 2 is 1.79 bits per heavy atom. The van der Waals surface area contributed by atoms with E-state index in [0.29, 0.717) is 0 Å². The minimum Gasteiger partial charge on any atom is -0.392 e. The molecule has 0 heterocycles. The Bertz CT molecular complexity index is 296. The Kier molecular flexibility index (Phi) is 4.97. The number of hydrogen-bond acceptors (Lipinski definition) is 3. The van der Waals surface area contributed by atoms with Crippen molar-refractivity contribution in [2.24, 2.45) is 5.73 Å². The lowest BCUT2D eigenvalue weighted by atomic mass is 10.4. The maximum atomic E-state index is 11.8. The third-order valence-corrected chi connectivity index (χ3v) is 4.34. The van der Waals surface area contributed by atoms with Crippen LogP contribution in [0.1, 0.15) is 27.7 Å². The summed E-state index contributed by atoms with van der Waals surface area (Å²) in [6.07, 6.45) is 0. The first-order chi connectivity index (χ1) is 6.19. The molecule has 0 radical (unpaired) electrons. The molecule has 0 amide bonds. The summed E-state index contributed by atoms with van der Waals surface area (Å²) in [5.74, 6) is 0. The van der Waals surface area contributed by atoms with E-state index in [-0.39, 0.29) is 17.6 Å². The Morgan fingerprint density at radius 1 is 1.36 bits per heavy atom. The molecule has 0 aromatic carbocycles. The van der Waals surface area contributed by atoms with Crippen molar-refractivity contribution in [1.82, 2.24) is 4.31 Å². The summed E-state index contributed by atoms with van der Waals surface area (Å²) in [4.78, 5) is 0.197. The minimum absolute atomic E-state index is 0.119. The van der Waals surface area contributed by atoms with Gasteiger partial charge in [0.1, 0.15) is 0 Å². The molecule has 4 nitrogen and oxygen atoms in total. The molecular weight excluding hydrogens is 220 g/mol. The zero-order chi connectivity index (χ0) is 11.5. The molecule has 14 heavy (non-hydrogen) atoms. The zero-order valence-corrected chi connectivity index (χ0v) is 10.7. The Balaban J connectivity index is 4.93. The van der Waals surface area contributed by atoms with Crippen LogP contribution in [0.15, 0.2) is 0 Å². The second kappa shape index (κ2) is 5.04. The van der Waals surface area contributed by atoms with Crippen molar-refractivity contribution in [2.45, 2.75) is 39.0 Å². The number of rotatable bonds is 5. The first-order valence-corrected chi connectivity index (χ1v) is 6.39. The van der Waals surface area contributed by atoms with E-state index in [1.54, 1.807) is 27.7 Å². The van der Waals surface area contributed by atoms with E-state index in [1.807, 2.05) is 0 Å². The molecule has 2 N–H and O–H groups in total. The second-order valence-electron chi connectivity index (χ2n) is 3.70. The maximum Gasteiger partial charge on any atom is 0.217 e. The molecule has 0 atom stereocenters. The van der Waals surface area contributed by atoms with Crippen molar-refractivity contribution in [3.05, 3.63) is 0 Å². The highest BCUT2D eigenvalue weighted by Crippen LogP contribution is 2.12. The van der Waals surface area contributed by atoms with Gasteiger partial charge in [0.15, 0.2) is 0 Å². The summed E-state index contributed by atoms with van der Waals surface area (Å²) in [6, 6.07) is -0.121. The topological polar surface area (TPSA) is 63.4 Å². The molecule has 0 saturated heterocycles. The monoisotopic (exact) mass is 238 g/mol. The summed E-state index contributed by atoms with van der Waals surface area (Å²) in [6.45, 7) is 7.01.